The Bertz CT molecular complexity index is 347. The van der Waals surface area contributed by atoms with E-state index in [0.717, 1.165) is 17.9 Å². The third-order valence-corrected chi connectivity index (χ3v) is 1.79. The zero-order valence-electron chi connectivity index (χ0n) is 9.02. The van der Waals surface area contributed by atoms with Crippen LogP contribution >= 0.6 is 0 Å². The van der Waals surface area contributed by atoms with Gasteiger partial charge in [0.1, 0.15) is 11.5 Å². The largest absolute Gasteiger partial charge is 0.462 e. The van der Waals surface area contributed by atoms with Crippen LogP contribution in [0.5, 0.6) is 5.75 Å². The van der Waals surface area contributed by atoms with Crippen molar-refractivity contribution in [1.82, 2.24) is 0 Å². The molecule has 0 aliphatic rings. The third kappa shape index (κ3) is 4.87. The minimum Gasteiger partial charge on any atom is -0.462 e. The lowest BCUT2D eigenvalue weighted by molar-refractivity contribution is 0.428. The van der Waals surface area contributed by atoms with Crippen LogP contribution in [-0.2, 0) is 0 Å². The molecule has 0 fully saturated rings. The summed E-state index contributed by atoms with van der Waals surface area (Å²) in [5, 5.41) is 0. The molecule has 0 N–H and O–H groups in total. The smallest absolute Gasteiger partial charge is 0.126 e. The first-order valence-electron chi connectivity index (χ1n) is 5.00. The quantitative estimate of drug-likeness (QED) is 0.395. The van der Waals surface area contributed by atoms with Crippen molar-refractivity contribution in [2.45, 2.75) is 13.3 Å². The molecule has 1 rings (SSSR count). The van der Waals surface area contributed by atoms with Crippen LogP contribution in [0, 0.1) is 0 Å². The minimum absolute atomic E-state index is 0.864. The number of hydrogen-bond donors (Lipinski definition) is 0. The summed E-state index contributed by atoms with van der Waals surface area (Å²) in [6.07, 6.45) is 8.69. The number of allylic oxidation sites excluding steroid dienone is 5. The van der Waals surface area contributed by atoms with Crippen molar-refractivity contribution in [3.05, 3.63) is 67.0 Å². The first-order valence-corrected chi connectivity index (χ1v) is 5.00. The molecule has 1 aromatic carbocycles. The summed E-state index contributed by atoms with van der Waals surface area (Å²) in [4.78, 5) is 0. The second kappa shape index (κ2) is 6.66. The van der Waals surface area contributed by atoms with Gasteiger partial charge in [-0.2, -0.15) is 0 Å². The summed E-state index contributed by atoms with van der Waals surface area (Å²) in [6, 6.07) is 9.75. The monoisotopic (exact) mass is 200 g/mol. The summed E-state index contributed by atoms with van der Waals surface area (Å²) >= 11 is 0. The fraction of sp³-hybridized carbons (Fsp3) is 0.143. The molecule has 0 aromatic heterocycles. The molecule has 0 radical (unpaired) electrons. The van der Waals surface area contributed by atoms with Crippen molar-refractivity contribution in [2.24, 2.45) is 0 Å². The summed E-state index contributed by atoms with van der Waals surface area (Å²) in [7, 11) is 0. The Morgan fingerprint density at radius 1 is 1.33 bits per heavy atom. The van der Waals surface area contributed by atoms with Gasteiger partial charge in [0.05, 0.1) is 0 Å². The SMILES string of the molecule is C=CC/C=C\C=C(/C)Oc1ccccc1. The van der Waals surface area contributed by atoms with E-state index < -0.39 is 0 Å². The third-order valence-electron chi connectivity index (χ3n) is 1.79. The van der Waals surface area contributed by atoms with E-state index in [1.165, 1.54) is 0 Å². The zero-order chi connectivity index (χ0) is 10.9. The second-order valence-corrected chi connectivity index (χ2v) is 3.14. The van der Waals surface area contributed by atoms with Gasteiger partial charge in [0.15, 0.2) is 0 Å². The summed E-state index contributed by atoms with van der Waals surface area (Å²) in [5.74, 6) is 1.74. The standard InChI is InChI=1S/C14H16O/c1-3-4-5-7-10-13(2)15-14-11-8-6-9-12-14/h3,5-12H,1,4H2,2H3/b7-5-,13-10+. The minimum atomic E-state index is 0.864. The Morgan fingerprint density at radius 2 is 2.07 bits per heavy atom. The maximum atomic E-state index is 5.58. The molecule has 0 unspecified atom stereocenters. The highest BCUT2D eigenvalue weighted by Crippen LogP contribution is 2.12. The predicted molar refractivity (Wildman–Crippen MR) is 64.8 cm³/mol. The van der Waals surface area contributed by atoms with Crippen molar-refractivity contribution in [3.8, 4) is 5.75 Å². The maximum Gasteiger partial charge on any atom is 0.126 e. The fourth-order valence-electron chi connectivity index (χ4n) is 1.09. The number of benzene rings is 1. The molecule has 0 bridgehead atoms. The molecule has 0 aliphatic carbocycles. The molecule has 0 atom stereocenters. The lowest BCUT2D eigenvalue weighted by Gasteiger charge is -2.03. The Morgan fingerprint density at radius 3 is 2.73 bits per heavy atom. The highest BCUT2D eigenvalue weighted by Gasteiger charge is 1.91. The predicted octanol–water partition coefficient (Wildman–Crippen LogP) is 4.10. The lowest BCUT2D eigenvalue weighted by Crippen LogP contribution is -1.88. The van der Waals surface area contributed by atoms with E-state index in [9.17, 15) is 0 Å². The van der Waals surface area contributed by atoms with Crippen LogP contribution < -0.4 is 4.74 Å². The Labute approximate surface area is 91.4 Å². The van der Waals surface area contributed by atoms with Gasteiger partial charge in [-0.05, 0) is 31.6 Å². The van der Waals surface area contributed by atoms with Crippen molar-refractivity contribution in [3.63, 3.8) is 0 Å². The van der Waals surface area contributed by atoms with Crippen LogP contribution in [0.2, 0.25) is 0 Å². The molecule has 15 heavy (non-hydrogen) atoms. The molecule has 1 nitrogen and oxygen atoms in total. The van der Waals surface area contributed by atoms with Gasteiger partial charge in [-0.25, -0.2) is 0 Å². The second-order valence-electron chi connectivity index (χ2n) is 3.14. The lowest BCUT2D eigenvalue weighted by atomic mass is 10.3. The molecule has 1 heteroatoms. The van der Waals surface area contributed by atoms with Gasteiger partial charge in [0.25, 0.3) is 0 Å². The Balaban J connectivity index is 2.48. The van der Waals surface area contributed by atoms with E-state index in [4.69, 9.17) is 4.74 Å². The molecular weight excluding hydrogens is 184 g/mol. The molecule has 0 amide bonds. The average Bonchev–Trinajstić information content (AvgIpc) is 2.26. The van der Waals surface area contributed by atoms with Crippen LogP contribution in [-0.4, -0.2) is 0 Å². The van der Waals surface area contributed by atoms with Gasteiger partial charge in [-0.15, -0.1) is 6.58 Å². The van der Waals surface area contributed by atoms with Gasteiger partial charge in [0, 0.05) is 0 Å². The summed E-state index contributed by atoms with van der Waals surface area (Å²) in [6.45, 7) is 5.58. The van der Waals surface area contributed by atoms with Crippen molar-refractivity contribution < 1.29 is 4.74 Å². The van der Waals surface area contributed by atoms with E-state index in [2.05, 4.69) is 6.58 Å². The maximum absolute atomic E-state index is 5.58. The molecule has 1 aromatic rings. The van der Waals surface area contributed by atoms with E-state index >= 15 is 0 Å². The van der Waals surface area contributed by atoms with E-state index in [1.807, 2.05) is 61.6 Å². The zero-order valence-corrected chi connectivity index (χ0v) is 9.02. The first-order chi connectivity index (χ1) is 7.33. The molecule has 0 aliphatic heterocycles. The van der Waals surface area contributed by atoms with Gasteiger partial charge < -0.3 is 4.74 Å². The van der Waals surface area contributed by atoms with Crippen LogP contribution in [0.25, 0.3) is 0 Å². The normalized spacial score (nSPS) is 11.7. The van der Waals surface area contributed by atoms with Crippen molar-refractivity contribution >= 4 is 0 Å². The van der Waals surface area contributed by atoms with Crippen LogP contribution in [0.4, 0.5) is 0 Å². The topological polar surface area (TPSA) is 9.23 Å². The number of para-hydroxylation sites is 1. The molecule has 78 valence electrons. The van der Waals surface area contributed by atoms with Crippen molar-refractivity contribution in [1.29, 1.82) is 0 Å². The highest BCUT2D eigenvalue weighted by molar-refractivity contribution is 5.23. The number of hydrogen-bond acceptors (Lipinski definition) is 1. The molecule has 0 saturated heterocycles. The summed E-state index contributed by atoms with van der Waals surface area (Å²) < 4.78 is 5.58. The van der Waals surface area contributed by atoms with E-state index in [1.54, 1.807) is 0 Å². The van der Waals surface area contributed by atoms with Crippen LogP contribution in [0.1, 0.15) is 13.3 Å². The van der Waals surface area contributed by atoms with Crippen LogP contribution in [0.3, 0.4) is 0 Å². The van der Waals surface area contributed by atoms with Gasteiger partial charge in [0.2, 0.25) is 0 Å². The summed E-state index contributed by atoms with van der Waals surface area (Å²) in [5.41, 5.74) is 0. The highest BCUT2D eigenvalue weighted by atomic mass is 16.5. The average molecular weight is 200 g/mol. The fourth-order valence-corrected chi connectivity index (χ4v) is 1.09. The van der Waals surface area contributed by atoms with Gasteiger partial charge in [-0.1, -0.05) is 36.4 Å². The molecule has 0 heterocycles. The Kier molecular flexibility index (Phi) is 5.02. The number of ether oxygens (including phenoxy) is 1. The first kappa shape index (κ1) is 11.3. The molecule has 0 spiro atoms. The van der Waals surface area contributed by atoms with E-state index in [0.29, 0.717) is 0 Å². The number of rotatable bonds is 5. The molecule has 0 saturated carbocycles. The van der Waals surface area contributed by atoms with Gasteiger partial charge >= 0.3 is 0 Å². The molecular formula is C14H16O. The van der Waals surface area contributed by atoms with Crippen LogP contribution in [0.15, 0.2) is 67.0 Å². The van der Waals surface area contributed by atoms with Crippen molar-refractivity contribution in [2.75, 3.05) is 0 Å². The van der Waals surface area contributed by atoms with Gasteiger partial charge in [-0.3, -0.25) is 0 Å². The Hall–Kier alpha value is -1.76. The van der Waals surface area contributed by atoms with E-state index in [-0.39, 0.29) is 0 Å².